The molecular weight excluding hydrogens is 1100 g/mol. The van der Waals surface area contributed by atoms with Crippen molar-refractivity contribution in [3.8, 4) is 115 Å². The van der Waals surface area contributed by atoms with Gasteiger partial charge >= 0.3 is 0 Å². The van der Waals surface area contributed by atoms with Crippen LogP contribution >= 0.6 is 0 Å². The van der Waals surface area contributed by atoms with Gasteiger partial charge in [-0.05, 0) is 70.8 Å². The number of aliphatic hydroxyl groups is 4. The minimum Gasteiger partial charge on any atom is -0.508 e. The summed E-state index contributed by atoms with van der Waals surface area (Å²) in [5.74, 6) is -19.0. The molecule has 4 aliphatic heterocycles. The Balaban J connectivity index is 1.14. The largest absolute Gasteiger partial charge is 0.508 e. The van der Waals surface area contributed by atoms with E-state index in [4.69, 9.17) is 18.9 Å². The lowest BCUT2D eigenvalue weighted by molar-refractivity contribution is -0.00858. The first-order valence-corrected chi connectivity index (χ1v) is 25.7. The fraction of sp³-hybridized carbons (Fsp3) is 0.200. The number of aromatic hydroxyl groups is 16. The van der Waals surface area contributed by atoms with E-state index < -0.39 is 210 Å². The highest BCUT2D eigenvalue weighted by atomic mass is 16.5. The molecule has 0 amide bonds. The summed E-state index contributed by atoms with van der Waals surface area (Å²) in [6, 6.07) is 17.7. The summed E-state index contributed by atoms with van der Waals surface area (Å²) in [6.07, 6.45) is -14.8. The van der Waals surface area contributed by atoms with Crippen LogP contribution in [0.3, 0.4) is 0 Å². The third-order valence-corrected chi connectivity index (χ3v) is 16.0. The lowest BCUT2D eigenvalue weighted by Crippen LogP contribution is -2.40. The lowest BCUT2D eigenvalue weighted by Gasteiger charge is -2.44. The molecule has 0 radical (unpaired) electrons. The summed E-state index contributed by atoms with van der Waals surface area (Å²) in [6.45, 7) is 0. The van der Waals surface area contributed by atoms with Crippen molar-refractivity contribution in [2.24, 2.45) is 0 Å². The van der Waals surface area contributed by atoms with Gasteiger partial charge < -0.3 is 121 Å². The van der Waals surface area contributed by atoms with Crippen molar-refractivity contribution in [2.45, 2.75) is 73.0 Å². The molecule has 24 nitrogen and oxygen atoms in total. The van der Waals surface area contributed by atoms with Crippen LogP contribution in [0.15, 0.2) is 103 Å². The normalized spacial score (nSPS) is 24.0. The predicted octanol–water partition coefficient (Wildman–Crippen LogP) is 5.89. The maximum Gasteiger partial charge on any atom is 0.157 e. The number of phenols is 16. The molecule has 0 saturated carbocycles. The number of hydrogen-bond donors (Lipinski definition) is 20. The Morgan fingerprint density at radius 2 is 0.583 bits per heavy atom. The first-order chi connectivity index (χ1) is 39.9. The van der Waals surface area contributed by atoms with Crippen molar-refractivity contribution in [2.75, 3.05) is 0 Å². The van der Waals surface area contributed by atoms with Crippen LogP contribution in [0.4, 0.5) is 0 Å². The summed E-state index contributed by atoms with van der Waals surface area (Å²) in [5.41, 5.74) is -3.20. The third kappa shape index (κ3) is 8.44. The number of hydrogen-bond acceptors (Lipinski definition) is 24. The Hall–Kier alpha value is -10.4. The maximum absolute atomic E-state index is 13.1. The van der Waals surface area contributed by atoms with Crippen LogP contribution in [0.5, 0.6) is 115 Å². The average molecular weight is 1160 g/mol. The quantitative estimate of drug-likeness (QED) is 0.0827. The minimum absolute atomic E-state index is 0.00111. The molecule has 8 aromatic rings. The summed E-state index contributed by atoms with van der Waals surface area (Å²) in [4.78, 5) is 0. The van der Waals surface area contributed by atoms with E-state index in [-0.39, 0.29) is 39.1 Å². The molecule has 0 saturated heterocycles. The first kappa shape index (κ1) is 54.2. The highest BCUT2D eigenvalue weighted by molar-refractivity contribution is 5.73. The smallest absolute Gasteiger partial charge is 0.157 e. The predicted molar refractivity (Wildman–Crippen MR) is 285 cm³/mol. The average Bonchev–Trinajstić information content (AvgIpc) is 1.45. The van der Waals surface area contributed by atoms with Crippen molar-refractivity contribution in [3.05, 3.63) is 164 Å². The molecule has 0 bridgehead atoms. The first-order valence-electron chi connectivity index (χ1n) is 25.7. The Morgan fingerprint density at radius 1 is 0.274 bits per heavy atom. The zero-order valence-electron chi connectivity index (χ0n) is 43.0. The molecule has 8 aromatic carbocycles. The molecule has 0 spiro atoms. The molecule has 20 N–H and O–H groups in total. The zero-order chi connectivity index (χ0) is 59.8. The van der Waals surface area contributed by atoms with Crippen LogP contribution < -0.4 is 18.9 Å². The summed E-state index contributed by atoms with van der Waals surface area (Å²) < 4.78 is 25.8. The van der Waals surface area contributed by atoms with Crippen molar-refractivity contribution in [3.63, 3.8) is 0 Å². The van der Waals surface area contributed by atoms with Crippen LogP contribution in [-0.4, -0.2) is 127 Å². The number of rotatable bonds is 7. The second-order valence-corrected chi connectivity index (χ2v) is 21.0. The van der Waals surface area contributed by atoms with Crippen molar-refractivity contribution < 1.29 is 121 Å². The molecule has 0 aromatic heterocycles. The zero-order valence-corrected chi connectivity index (χ0v) is 43.0. The van der Waals surface area contributed by atoms with Crippen molar-refractivity contribution in [1.29, 1.82) is 0 Å². The van der Waals surface area contributed by atoms with Gasteiger partial charge in [-0.1, -0.05) is 24.3 Å². The standard InChI is InChI=1S/C60H50O24/c61-23-13-34(71)42-41(14-23)81-55(20-2-6-26(63)31(68)10-20)51(78)48(42)44-36(73)17-38(75)46-50(53(80)57(83-59(44)46)22-4-8-28(65)33(70)12-22)47-39(76)18-37(74)45-49(52(79)56(84-60(45)47)21-3-7-27(64)32(69)11-21)43-35(72)16-29(66)24-15-40(77)54(82-58(24)43)19-1-5-25(62)30(67)9-19/h1-14,16-18,40,48-57,61-80H,15H2/t40-,48-,49-,50-,51-,52-,53-,54-,55-,56-,57-/m1/s1. The molecule has 0 unspecified atom stereocenters. The van der Waals surface area contributed by atoms with Crippen molar-refractivity contribution in [1.82, 2.24) is 0 Å². The highest BCUT2D eigenvalue weighted by Gasteiger charge is 2.53. The van der Waals surface area contributed by atoms with E-state index in [1.165, 1.54) is 24.3 Å². The molecule has 84 heavy (non-hydrogen) atoms. The van der Waals surface area contributed by atoms with Gasteiger partial charge in [-0.2, -0.15) is 0 Å². The van der Waals surface area contributed by atoms with E-state index in [1.807, 2.05) is 0 Å². The van der Waals surface area contributed by atoms with E-state index in [2.05, 4.69) is 0 Å². The van der Waals surface area contributed by atoms with Gasteiger partial charge in [0.2, 0.25) is 0 Å². The van der Waals surface area contributed by atoms with E-state index >= 15 is 0 Å². The van der Waals surface area contributed by atoms with Gasteiger partial charge in [0.15, 0.2) is 64.3 Å². The Kier molecular flexibility index (Phi) is 12.7. The molecule has 0 aliphatic carbocycles. The number of aliphatic hydroxyl groups excluding tert-OH is 4. The van der Waals surface area contributed by atoms with Gasteiger partial charge in [0.1, 0.15) is 93.4 Å². The molecular formula is C60H50O24. The molecule has 24 heteroatoms. The Bertz CT molecular complexity index is 4030. The number of phenolic OH excluding ortho intramolecular Hbond substituents is 16. The summed E-state index contributed by atoms with van der Waals surface area (Å²) >= 11 is 0. The van der Waals surface area contributed by atoms with Gasteiger partial charge in [0.05, 0.1) is 23.9 Å². The maximum atomic E-state index is 13.1. The monoisotopic (exact) mass is 1150 g/mol. The van der Waals surface area contributed by atoms with Gasteiger partial charge in [-0.15, -0.1) is 0 Å². The summed E-state index contributed by atoms with van der Waals surface area (Å²) in [5, 5.41) is 229. The molecule has 4 aliphatic rings. The van der Waals surface area contributed by atoms with E-state index in [9.17, 15) is 102 Å². The second kappa shape index (κ2) is 19.7. The lowest BCUT2D eigenvalue weighted by atomic mass is 9.72. The van der Waals surface area contributed by atoms with Gasteiger partial charge in [0, 0.05) is 75.7 Å². The fourth-order valence-corrected chi connectivity index (χ4v) is 12.2. The molecule has 434 valence electrons. The van der Waals surface area contributed by atoms with Crippen LogP contribution in [-0.2, 0) is 6.42 Å². The highest BCUT2D eigenvalue weighted by Crippen LogP contribution is 2.65. The van der Waals surface area contributed by atoms with Gasteiger partial charge in [0.25, 0.3) is 0 Å². The summed E-state index contributed by atoms with van der Waals surface area (Å²) in [7, 11) is 0. The number of fused-ring (bicyclic) bond motifs is 4. The molecule has 4 heterocycles. The second-order valence-electron chi connectivity index (χ2n) is 21.0. The topological polar surface area (TPSA) is 442 Å². The van der Waals surface area contributed by atoms with Crippen LogP contribution in [0, 0.1) is 0 Å². The van der Waals surface area contributed by atoms with Gasteiger partial charge in [-0.25, -0.2) is 0 Å². The van der Waals surface area contributed by atoms with Crippen LogP contribution in [0.2, 0.25) is 0 Å². The minimum atomic E-state index is -2.15. The SMILES string of the molecule is Oc1cc(O)c2c(c1)O[C@H](c1ccc(O)c(O)c1)[C@H](O)[C@H]2c1c(O)cc(O)c2c1O[C@H](c1ccc(O)c(O)c1)[C@H](O)[C@H]2c1c(O)cc(O)c2c1O[C@H](c1ccc(O)c(O)c1)[C@H](O)[C@@H]2c1c(O)cc(O)c2c1O[C@H](c1ccc(O)c(O)c1)[C@H](O)C2. The van der Waals surface area contributed by atoms with Crippen LogP contribution in [0.25, 0.3) is 0 Å². The van der Waals surface area contributed by atoms with E-state index in [0.29, 0.717) is 0 Å². The molecule has 12 rings (SSSR count). The Labute approximate surface area is 472 Å². The van der Waals surface area contributed by atoms with Gasteiger partial charge in [-0.3, -0.25) is 0 Å². The molecule has 11 atom stereocenters. The number of ether oxygens (including phenoxy) is 4. The van der Waals surface area contributed by atoms with E-state index in [1.54, 1.807) is 0 Å². The van der Waals surface area contributed by atoms with Crippen LogP contribution in [0.1, 0.15) is 103 Å². The fourth-order valence-electron chi connectivity index (χ4n) is 12.2. The number of benzene rings is 8. The van der Waals surface area contributed by atoms with E-state index in [0.717, 1.165) is 78.9 Å². The molecule has 0 fully saturated rings. The Morgan fingerprint density at radius 3 is 0.964 bits per heavy atom. The van der Waals surface area contributed by atoms with Crippen molar-refractivity contribution >= 4 is 0 Å². The third-order valence-electron chi connectivity index (χ3n) is 16.0.